The van der Waals surface area contributed by atoms with Crippen molar-refractivity contribution in [2.24, 2.45) is 5.73 Å². The number of benzene rings is 1. The second-order valence-electron chi connectivity index (χ2n) is 4.75. The summed E-state index contributed by atoms with van der Waals surface area (Å²) in [6, 6.07) is 11.9. The highest BCUT2D eigenvalue weighted by Gasteiger charge is 2.15. The monoisotopic (exact) mass is 267 g/mol. The van der Waals surface area contributed by atoms with E-state index in [1.165, 1.54) is 5.56 Å². The molecule has 4 heteroatoms. The Kier molecular flexibility index (Phi) is 3.16. The molecular weight excluding hydrogens is 250 g/mol. The van der Waals surface area contributed by atoms with Gasteiger partial charge in [0, 0.05) is 18.3 Å². The zero-order valence-corrected chi connectivity index (χ0v) is 11.6. The van der Waals surface area contributed by atoms with Crippen molar-refractivity contribution in [1.82, 2.24) is 9.38 Å². The number of para-hydroxylation sites is 1. The van der Waals surface area contributed by atoms with Crippen LogP contribution in [0, 0.1) is 6.92 Å². The third-order valence-corrected chi connectivity index (χ3v) is 3.42. The maximum Gasteiger partial charge on any atom is 0.137 e. The number of nitrogens with zero attached hydrogens (tertiary/aromatic N) is 2. The summed E-state index contributed by atoms with van der Waals surface area (Å²) in [5, 5.41) is 0. The number of hydrogen-bond acceptors (Lipinski definition) is 3. The third-order valence-electron chi connectivity index (χ3n) is 3.42. The van der Waals surface area contributed by atoms with Gasteiger partial charge in [0.2, 0.25) is 0 Å². The number of aromatic nitrogens is 2. The molecule has 3 rings (SSSR count). The molecule has 102 valence electrons. The lowest BCUT2D eigenvalue weighted by atomic mass is 10.1. The number of rotatable bonds is 3. The van der Waals surface area contributed by atoms with Crippen LogP contribution < -0.4 is 10.5 Å². The van der Waals surface area contributed by atoms with Crippen LogP contribution in [0.2, 0.25) is 0 Å². The number of hydrogen-bond donors (Lipinski definition) is 1. The van der Waals surface area contributed by atoms with Crippen LogP contribution in [0.1, 0.15) is 11.3 Å². The lowest BCUT2D eigenvalue weighted by Gasteiger charge is -2.07. The summed E-state index contributed by atoms with van der Waals surface area (Å²) in [4.78, 5) is 4.71. The van der Waals surface area contributed by atoms with Gasteiger partial charge in [-0.2, -0.15) is 0 Å². The van der Waals surface area contributed by atoms with Crippen molar-refractivity contribution >= 4 is 5.65 Å². The molecular formula is C16H17N3O. The van der Waals surface area contributed by atoms with Gasteiger partial charge in [-0.15, -0.1) is 0 Å². The molecule has 2 N–H and O–H groups in total. The van der Waals surface area contributed by atoms with Crippen LogP contribution in [-0.4, -0.2) is 16.5 Å². The minimum atomic E-state index is 0.429. The van der Waals surface area contributed by atoms with Crippen LogP contribution >= 0.6 is 0 Å². The molecule has 0 aliphatic rings. The predicted octanol–water partition coefficient (Wildman–Crippen LogP) is 2.78. The molecule has 0 aliphatic carbocycles. The van der Waals surface area contributed by atoms with E-state index in [9.17, 15) is 0 Å². The molecule has 0 atom stereocenters. The second kappa shape index (κ2) is 4.98. The summed E-state index contributed by atoms with van der Waals surface area (Å²) in [5.41, 5.74) is 10.9. The molecule has 0 saturated heterocycles. The molecule has 0 aliphatic heterocycles. The van der Waals surface area contributed by atoms with Crippen LogP contribution in [-0.2, 0) is 6.54 Å². The summed E-state index contributed by atoms with van der Waals surface area (Å²) in [6.07, 6.45) is 2.06. The Bertz CT molecular complexity index is 762. The van der Waals surface area contributed by atoms with Crippen molar-refractivity contribution in [1.29, 1.82) is 0 Å². The third kappa shape index (κ3) is 1.94. The van der Waals surface area contributed by atoms with Gasteiger partial charge in [0.25, 0.3) is 0 Å². The topological polar surface area (TPSA) is 52.5 Å². The van der Waals surface area contributed by atoms with E-state index in [-0.39, 0.29) is 0 Å². The zero-order valence-electron chi connectivity index (χ0n) is 11.6. The highest BCUT2D eigenvalue weighted by atomic mass is 16.5. The highest BCUT2D eigenvalue weighted by molar-refractivity contribution is 5.72. The molecule has 0 bridgehead atoms. The largest absolute Gasteiger partial charge is 0.496 e. The second-order valence-corrected chi connectivity index (χ2v) is 4.75. The number of fused-ring (bicyclic) bond motifs is 1. The van der Waals surface area contributed by atoms with Gasteiger partial charge in [0.05, 0.1) is 18.5 Å². The molecule has 0 spiro atoms. The lowest BCUT2D eigenvalue weighted by molar-refractivity contribution is 0.416. The van der Waals surface area contributed by atoms with E-state index in [2.05, 4.69) is 23.6 Å². The molecule has 0 fully saturated rings. The number of aryl methyl sites for hydroxylation is 1. The highest BCUT2D eigenvalue weighted by Crippen LogP contribution is 2.32. The van der Waals surface area contributed by atoms with Gasteiger partial charge in [-0.25, -0.2) is 4.98 Å². The van der Waals surface area contributed by atoms with E-state index in [4.69, 9.17) is 15.5 Å². The fraction of sp³-hybridized carbons (Fsp3) is 0.188. The first kappa shape index (κ1) is 12.7. The van der Waals surface area contributed by atoms with Gasteiger partial charge >= 0.3 is 0 Å². The SMILES string of the molecule is COc1ccccc1-c1nc2ccc(C)cn2c1CN. The quantitative estimate of drug-likeness (QED) is 0.794. The van der Waals surface area contributed by atoms with E-state index in [0.29, 0.717) is 6.54 Å². The first-order chi connectivity index (χ1) is 9.74. The summed E-state index contributed by atoms with van der Waals surface area (Å²) in [7, 11) is 1.67. The molecule has 0 amide bonds. The van der Waals surface area contributed by atoms with Crippen LogP contribution in [0.3, 0.4) is 0 Å². The van der Waals surface area contributed by atoms with Gasteiger partial charge in [-0.1, -0.05) is 18.2 Å². The van der Waals surface area contributed by atoms with Crippen molar-refractivity contribution in [2.75, 3.05) is 7.11 Å². The average molecular weight is 267 g/mol. The molecule has 3 aromatic rings. The van der Waals surface area contributed by atoms with Crippen molar-refractivity contribution in [3.8, 4) is 17.0 Å². The van der Waals surface area contributed by atoms with E-state index < -0.39 is 0 Å². The molecule has 2 aromatic heterocycles. The van der Waals surface area contributed by atoms with Crippen molar-refractivity contribution in [2.45, 2.75) is 13.5 Å². The number of pyridine rings is 1. The smallest absolute Gasteiger partial charge is 0.137 e. The normalized spacial score (nSPS) is 10.9. The Morgan fingerprint density at radius 1 is 1.20 bits per heavy atom. The van der Waals surface area contributed by atoms with Gasteiger partial charge < -0.3 is 14.9 Å². The molecule has 2 heterocycles. The molecule has 0 radical (unpaired) electrons. The summed E-state index contributed by atoms with van der Waals surface area (Å²) >= 11 is 0. The van der Waals surface area contributed by atoms with Crippen molar-refractivity contribution < 1.29 is 4.74 Å². The van der Waals surface area contributed by atoms with E-state index in [1.54, 1.807) is 7.11 Å². The van der Waals surface area contributed by atoms with Gasteiger partial charge in [-0.3, -0.25) is 0 Å². The lowest BCUT2D eigenvalue weighted by Crippen LogP contribution is -2.03. The van der Waals surface area contributed by atoms with E-state index >= 15 is 0 Å². The van der Waals surface area contributed by atoms with Crippen molar-refractivity contribution in [3.63, 3.8) is 0 Å². The van der Waals surface area contributed by atoms with Gasteiger partial charge in [0.15, 0.2) is 0 Å². The summed E-state index contributed by atoms with van der Waals surface area (Å²) in [5.74, 6) is 0.808. The Labute approximate surface area is 117 Å². The Morgan fingerprint density at radius 3 is 2.75 bits per heavy atom. The molecule has 0 saturated carbocycles. The van der Waals surface area contributed by atoms with Gasteiger partial charge in [0.1, 0.15) is 11.4 Å². The zero-order chi connectivity index (χ0) is 14.1. The summed E-state index contributed by atoms with van der Waals surface area (Å²) < 4.78 is 7.48. The van der Waals surface area contributed by atoms with E-state index in [1.807, 2.05) is 30.3 Å². The van der Waals surface area contributed by atoms with Crippen LogP contribution in [0.5, 0.6) is 5.75 Å². The number of nitrogens with two attached hydrogens (primary N) is 1. The van der Waals surface area contributed by atoms with E-state index in [0.717, 1.165) is 28.3 Å². The first-order valence-corrected chi connectivity index (χ1v) is 6.55. The Hall–Kier alpha value is -2.33. The maximum atomic E-state index is 5.94. The molecule has 20 heavy (non-hydrogen) atoms. The number of ether oxygens (including phenoxy) is 1. The van der Waals surface area contributed by atoms with Crippen LogP contribution in [0.15, 0.2) is 42.6 Å². The fourth-order valence-electron chi connectivity index (χ4n) is 2.45. The standard InChI is InChI=1S/C16H17N3O/c1-11-7-8-15-18-16(13(9-17)19(15)10-11)12-5-3-4-6-14(12)20-2/h3-8,10H,9,17H2,1-2H3. The molecule has 4 nitrogen and oxygen atoms in total. The van der Waals surface area contributed by atoms with Crippen LogP contribution in [0.25, 0.3) is 16.9 Å². The molecule has 1 aromatic carbocycles. The number of methoxy groups -OCH3 is 1. The Balaban J connectivity index is 2.30. The Morgan fingerprint density at radius 2 is 2.00 bits per heavy atom. The maximum absolute atomic E-state index is 5.94. The average Bonchev–Trinajstić information content (AvgIpc) is 2.84. The van der Waals surface area contributed by atoms with Crippen LogP contribution in [0.4, 0.5) is 0 Å². The minimum Gasteiger partial charge on any atom is -0.496 e. The molecule has 0 unspecified atom stereocenters. The predicted molar refractivity (Wildman–Crippen MR) is 79.8 cm³/mol. The fourth-order valence-corrected chi connectivity index (χ4v) is 2.45. The number of imidazole rings is 1. The summed E-state index contributed by atoms with van der Waals surface area (Å²) in [6.45, 7) is 2.49. The van der Waals surface area contributed by atoms with Gasteiger partial charge in [-0.05, 0) is 30.7 Å². The minimum absolute atomic E-state index is 0.429. The van der Waals surface area contributed by atoms with Crippen molar-refractivity contribution in [3.05, 3.63) is 53.9 Å². The first-order valence-electron chi connectivity index (χ1n) is 6.55.